The molecule has 0 heterocycles. The van der Waals surface area contributed by atoms with Crippen LogP contribution in [0.3, 0.4) is 0 Å². The summed E-state index contributed by atoms with van der Waals surface area (Å²) in [6.07, 6.45) is 0. The summed E-state index contributed by atoms with van der Waals surface area (Å²) in [5.74, 6) is 0.0688. The Kier molecular flexibility index (Phi) is 6.39. The van der Waals surface area contributed by atoms with Crippen LogP contribution in [0, 0.1) is 5.92 Å². The van der Waals surface area contributed by atoms with Gasteiger partial charge in [0.1, 0.15) is 5.75 Å². The number of nitrogens with one attached hydrogen (secondary N) is 2. The molecule has 0 radical (unpaired) electrons. The summed E-state index contributed by atoms with van der Waals surface area (Å²) < 4.78 is 5.24. The average Bonchev–Trinajstić information content (AvgIpc) is 2.43. The fourth-order valence-electron chi connectivity index (χ4n) is 1.46. The summed E-state index contributed by atoms with van der Waals surface area (Å²) in [4.78, 5) is 34.1. The Labute approximate surface area is 123 Å². The Bertz CT molecular complexity index is 526. The van der Waals surface area contributed by atoms with Gasteiger partial charge < -0.3 is 10.1 Å². The molecule has 21 heavy (non-hydrogen) atoms. The number of benzene rings is 1. The lowest BCUT2D eigenvalue weighted by molar-refractivity contribution is -0.122. The number of hydrogen-bond acceptors (Lipinski definition) is 4. The van der Waals surface area contributed by atoms with Crippen molar-refractivity contribution in [3.8, 4) is 5.75 Å². The first-order chi connectivity index (χ1) is 9.88. The number of Topliss-reactive ketones (excluding diaryl/α,β-unsaturated/α-hetero) is 1. The maximum absolute atomic E-state index is 11.5. The third kappa shape index (κ3) is 6.56. The van der Waals surface area contributed by atoms with Crippen LogP contribution in [0.25, 0.3) is 0 Å². The van der Waals surface area contributed by atoms with E-state index in [1.54, 1.807) is 24.3 Å². The molecule has 2 N–H and O–H groups in total. The van der Waals surface area contributed by atoms with Gasteiger partial charge >= 0.3 is 6.03 Å². The molecular formula is C15H20N2O4. The van der Waals surface area contributed by atoms with E-state index in [1.165, 1.54) is 6.92 Å². The number of amides is 3. The molecule has 0 unspecified atom stereocenters. The molecule has 1 rings (SSSR count). The Morgan fingerprint density at radius 1 is 1.24 bits per heavy atom. The highest BCUT2D eigenvalue weighted by Crippen LogP contribution is 2.13. The van der Waals surface area contributed by atoms with Crippen LogP contribution in [0.1, 0.15) is 31.1 Å². The summed E-state index contributed by atoms with van der Waals surface area (Å²) in [5.41, 5.74) is 0.502. The molecular weight excluding hydrogens is 272 g/mol. The van der Waals surface area contributed by atoms with Crippen molar-refractivity contribution in [1.29, 1.82) is 0 Å². The molecule has 0 aromatic heterocycles. The van der Waals surface area contributed by atoms with Crippen LogP contribution in [-0.2, 0) is 4.79 Å². The highest BCUT2D eigenvalue weighted by atomic mass is 16.5. The summed E-state index contributed by atoms with van der Waals surface area (Å²) >= 11 is 0. The fraction of sp³-hybridized carbons (Fsp3) is 0.400. The lowest BCUT2D eigenvalue weighted by atomic mass is 10.1. The van der Waals surface area contributed by atoms with Crippen molar-refractivity contribution in [1.82, 2.24) is 10.6 Å². The number of imide groups is 1. The third-order valence-corrected chi connectivity index (χ3v) is 2.53. The predicted molar refractivity (Wildman–Crippen MR) is 78.3 cm³/mol. The lowest BCUT2D eigenvalue weighted by Gasteiger charge is -2.09. The highest BCUT2D eigenvalue weighted by molar-refractivity contribution is 5.95. The molecule has 6 heteroatoms. The van der Waals surface area contributed by atoms with Crippen molar-refractivity contribution in [3.63, 3.8) is 0 Å². The molecule has 0 bridgehead atoms. The molecule has 1 aromatic rings. The number of ether oxygens (including phenoxy) is 1. The molecule has 0 saturated carbocycles. The first kappa shape index (κ1) is 16.7. The van der Waals surface area contributed by atoms with E-state index in [0.717, 1.165) is 0 Å². The van der Waals surface area contributed by atoms with Gasteiger partial charge in [0.15, 0.2) is 12.4 Å². The van der Waals surface area contributed by atoms with E-state index in [0.29, 0.717) is 23.8 Å². The number of rotatable bonds is 6. The molecule has 0 fully saturated rings. The molecule has 114 valence electrons. The second-order valence-corrected chi connectivity index (χ2v) is 5.02. The van der Waals surface area contributed by atoms with Crippen molar-refractivity contribution < 1.29 is 19.1 Å². The van der Waals surface area contributed by atoms with Crippen LogP contribution in [0.5, 0.6) is 5.75 Å². The molecule has 0 aliphatic carbocycles. The minimum Gasteiger partial charge on any atom is -0.484 e. The molecule has 1 aromatic carbocycles. The lowest BCUT2D eigenvalue weighted by Crippen LogP contribution is -2.42. The SMILES string of the molecule is CC(=O)c1cccc(OCC(=O)NC(=O)NCC(C)C)c1. The Morgan fingerprint density at radius 3 is 2.57 bits per heavy atom. The Balaban J connectivity index is 2.41. The summed E-state index contributed by atoms with van der Waals surface area (Å²) in [6.45, 7) is 5.54. The average molecular weight is 292 g/mol. The van der Waals surface area contributed by atoms with E-state index in [1.807, 2.05) is 13.8 Å². The van der Waals surface area contributed by atoms with Crippen LogP contribution in [0.2, 0.25) is 0 Å². The van der Waals surface area contributed by atoms with E-state index in [9.17, 15) is 14.4 Å². The molecule has 6 nitrogen and oxygen atoms in total. The first-order valence-corrected chi connectivity index (χ1v) is 6.70. The number of urea groups is 1. The van der Waals surface area contributed by atoms with E-state index in [2.05, 4.69) is 10.6 Å². The van der Waals surface area contributed by atoms with Gasteiger partial charge in [-0.25, -0.2) is 4.79 Å². The van der Waals surface area contributed by atoms with Gasteiger partial charge in [0.2, 0.25) is 0 Å². The molecule has 0 atom stereocenters. The third-order valence-electron chi connectivity index (χ3n) is 2.53. The van der Waals surface area contributed by atoms with E-state index in [-0.39, 0.29) is 12.4 Å². The van der Waals surface area contributed by atoms with Crippen LogP contribution in [-0.4, -0.2) is 30.9 Å². The normalized spacial score (nSPS) is 10.1. The van der Waals surface area contributed by atoms with Gasteiger partial charge in [0.25, 0.3) is 5.91 Å². The van der Waals surface area contributed by atoms with Gasteiger partial charge in [-0.15, -0.1) is 0 Å². The fourth-order valence-corrected chi connectivity index (χ4v) is 1.46. The van der Waals surface area contributed by atoms with Crippen molar-refractivity contribution >= 4 is 17.7 Å². The topological polar surface area (TPSA) is 84.5 Å². The van der Waals surface area contributed by atoms with E-state index in [4.69, 9.17) is 4.74 Å². The minimum atomic E-state index is -0.551. The van der Waals surface area contributed by atoms with Crippen molar-refractivity contribution in [2.75, 3.05) is 13.2 Å². The van der Waals surface area contributed by atoms with Crippen LogP contribution in [0.15, 0.2) is 24.3 Å². The minimum absolute atomic E-state index is 0.0852. The van der Waals surface area contributed by atoms with Gasteiger partial charge in [-0.1, -0.05) is 26.0 Å². The second-order valence-electron chi connectivity index (χ2n) is 5.02. The number of hydrogen-bond donors (Lipinski definition) is 2. The Morgan fingerprint density at radius 2 is 1.95 bits per heavy atom. The number of carbonyl (C=O) groups is 3. The molecule has 3 amide bonds. The van der Waals surface area contributed by atoms with Crippen LogP contribution in [0.4, 0.5) is 4.79 Å². The van der Waals surface area contributed by atoms with Gasteiger partial charge in [0, 0.05) is 12.1 Å². The summed E-state index contributed by atoms with van der Waals surface area (Å²) in [6, 6.07) is 5.97. The number of ketones is 1. The predicted octanol–water partition coefficient (Wildman–Crippen LogP) is 1.75. The molecule has 0 aliphatic rings. The molecule has 0 spiro atoms. The quantitative estimate of drug-likeness (QED) is 0.782. The highest BCUT2D eigenvalue weighted by Gasteiger charge is 2.09. The molecule has 0 aliphatic heterocycles. The molecule has 0 saturated heterocycles. The number of carbonyl (C=O) groups excluding carboxylic acids is 3. The maximum atomic E-state index is 11.5. The van der Waals surface area contributed by atoms with Gasteiger partial charge in [-0.3, -0.25) is 14.9 Å². The zero-order chi connectivity index (χ0) is 15.8. The maximum Gasteiger partial charge on any atom is 0.321 e. The standard InChI is InChI=1S/C15H20N2O4/c1-10(2)8-16-15(20)17-14(19)9-21-13-6-4-5-12(7-13)11(3)18/h4-7,10H,8-9H2,1-3H3,(H2,16,17,19,20). The smallest absolute Gasteiger partial charge is 0.321 e. The zero-order valence-corrected chi connectivity index (χ0v) is 12.4. The first-order valence-electron chi connectivity index (χ1n) is 6.70. The van der Waals surface area contributed by atoms with Gasteiger partial charge in [-0.05, 0) is 25.0 Å². The van der Waals surface area contributed by atoms with Gasteiger partial charge in [-0.2, -0.15) is 0 Å². The second kappa shape index (κ2) is 8.04. The van der Waals surface area contributed by atoms with Gasteiger partial charge in [0.05, 0.1) is 0 Å². The summed E-state index contributed by atoms with van der Waals surface area (Å²) in [7, 11) is 0. The van der Waals surface area contributed by atoms with Crippen molar-refractivity contribution in [3.05, 3.63) is 29.8 Å². The monoisotopic (exact) mass is 292 g/mol. The van der Waals surface area contributed by atoms with E-state index >= 15 is 0 Å². The van der Waals surface area contributed by atoms with Crippen molar-refractivity contribution in [2.45, 2.75) is 20.8 Å². The van der Waals surface area contributed by atoms with E-state index < -0.39 is 11.9 Å². The van der Waals surface area contributed by atoms with Crippen molar-refractivity contribution in [2.24, 2.45) is 5.92 Å². The zero-order valence-electron chi connectivity index (χ0n) is 12.4. The Hall–Kier alpha value is -2.37. The largest absolute Gasteiger partial charge is 0.484 e. The van der Waals surface area contributed by atoms with Crippen LogP contribution >= 0.6 is 0 Å². The van der Waals surface area contributed by atoms with Crippen LogP contribution < -0.4 is 15.4 Å². The summed E-state index contributed by atoms with van der Waals surface area (Å²) in [5, 5.41) is 4.73.